The van der Waals surface area contributed by atoms with Gasteiger partial charge in [0.25, 0.3) is 5.91 Å². The zero-order chi connectivity index (χ0) is 15.0. The number of hydrogen-bond donors (Lipinski definition) is 2. The molecule has 1 amide bonds. The maximum absolute atomic E-state index is 14.0. The van der Waals surface area contributed by atoms with Crippen LogP contribution in [0.25, 0.3) is 0 Å². The van der Waals surface area contributed by atoms with Gasteiger partial charge in [0.05, 0.1) is 5.56 Å². The van der Waals surface area contributed by atoms with Crippen molar-refractivity contribution in [1.29, 1.82) is 0 Å². The highest BCUT2D eigenvalue weighted by Crippen LogP contribution is 2.14. The molecule has 0 saturated carbocycles. The van der Waals surface area contributed by atoms with Gasteiger partial charge in [0.2, 0.25) is 0 Å². The Bertz CT molecular complexity index is 437. The van der Waals surface area contributed by atoms with Crippen LogP contribution in [0.2, 0.25) is 0 Å². The molecule has 112 valence electrons. The number of pyridine rings is 1. The van der Waals surface area contributed by atoms with Gasteiger partial charge < -0.3 is 15.5 Å². The lowest BCUT2D eigenvalue weighted by Crippen LogP contribution is -2.26. The van der Waals surface area contributed by atoms with E-state index in [0.717, 1.165) is 19.4 Å². The summed E-state index contributed by atoms with van der Waals surface area (Å²) in [5.41, 5.74) is 0.0311. The molecule has 1 rings (SSSR count). The monoisotopic (exact) mass is 282 g/mol. The van der Waals surface area contributed by atoms with Gasteiger partial charge in [-0.2, -0.15) is 0 Å². The van der Waals surface area contributed by atoms with E-state index in [1.54, 1.807) is 0 Å². The first-order chi connectivity index (χ1) is 9.56. The molecule has 0 spiro atoms. The third-order valence-electron chi connectivity index (χ3n) is 2.80. The van der Waals surface area contributed by atoms with Crippen LogP contribution in [0.5, 0.6) is 0 Å². The van der Waals surface area contributed by atoms with Gasteiger partial charge in [0.15, 0.2) is 11.6 Å². The van der Waals surface area contributed by atoms with Gasteiger partial charge in [0, 0.05) is 19.3 Å². The van der Waals surface area contributed by atoms with Crippen LogP contribution in [-0.4, -0.2) is 49.5 Å². The van der Waals surface area contributed by atoms with Gasteiger partial charge >= 0.3 is 0 Å². The van der Waals surface area contributed by atoms with Crippen molar-refractivity contribution in [2.24, 2.45) is 0 Å². The highest BCUT2D eigenvalue weighted by Gasteiger charge is 2.15. The summed E-state index contributed by atoms with van der Waals surface area (Å²) in [5, 5.41) is 5.52. The fourth-order valence-corrected chi connectivity index (χ4v) is 1.76. The Labute approximate surface area is 119 Å². The van der Waals surface area contributed by atoms with E-state index in [1.807, 2.05) is 21.0 Å². The van der Waals surface area contributed by atoms with Crippen molar-refractivity contribution in [1.82, 2.24) is 15.2 Å². The second-order valence-corrected chi connectivity index (χ2v) is 4.82. The fourth-order valence-electron chi connectivity index (χ4n) is 1.76. The largest absolute Gasteiger partial charge is 0.368 e. The second-order valence-electron chi connectivity index (χ2n) is 4.82. The maximum Gasteiger partial charge on any atom is 0.254 e. The van der Waals surface area contributed by atoms with Gasteiger partial charge in [-0.3, -0.25) is 4.79 Å². The predicted molar refractivity (Wildman–Crippen MR) is 78.5 cm³/mol. The zero-order valence-electron chi connectivity index (χ0n) is 12.4. The Morgan fingerprint density at radius 3 is 2.80 bits per heavy atom. The van der Waals surface area contributed by atoms with E-state index in [9.17, 15) is 9.18 Å². The van der Waals surface area contributed by atoms with E-state index in [0.29, 0.717) is 13.1 Å². The molecule has 0 aliphatic heterocycles. The molecule has 20 heavy (non-hydrogen) atoms. The first-order valence-electron chi connectivity index (χ1n) is 6.87. The number of aromatic nitrogens is 1. The van der Waals surface area contributed by atoms with Crippen LogP contribution in [0.1, 0.15) is 30.1 Å². The lowest BCUT2D eigenvalue weighted by Gasteiger charge is -2.10. The summed E-state index contributed by atoms with van der Waals surface area (Å²) in [4.78, 5) is 17.9. The first kappa shape index (κ1) is 16.4. The van der Waals surface area contributed by atoms with Crippen LogP contribution < -0.4 is 10.6 Å². The molecule has 0 radical (unpaired) electrons. The molecule has 0 fully saturated rings. The highest BCUT2D eigenvalue weighted by atomic mass is 19.1. The molecular weight excluding hydrogens is 259 g/mol. The average Bonchev–Trinajstić information content (AvgIpc) is 2.40. The van der Waals surface area contributed by atoms with Crippen LogP contribution in [0.3, 0.4) is 0 Å². The Hall–Kier alpha value is -1.69. The summed E-state index contributed by atoms with van der Waals surface area (Å²) in [5.74, 6) is -0.873. The topological polar surface area (TPSA) is 57.3 Å². The van der Waals surface area contributed by atoms with Gasteiger partial charge in [-0.15, -0.1) is 0 Å². The fraction of sp³-hybridized carbons (Fsp3) is 0.571. The van der Waals surface area contributed by atoms with Crippen molar-refractivity contribution in [3.63, 3.8) is 0 Å². The summed E-state index contributed by atoms with van der Waals surface area (Å²) in [7, 11) is 4.01. The molecule has 1 aromatic rings. The summed E-state index contributed by atoms with van der Waals surface area (Å²) < 4.78 is 14.0. The molecule has 0 saturated heterocycles. The number of carbonyl (C=O) groups excluding carboxylic acids is 1. The number of anilines is 1. The predicted octanol–water partition coefficient (Wildman–Crippen LogP) is 1.72. The smallest absolute Gasteiger partial charge is 0.254 e. The molecule has 1 aromatic heterocycles. The van der Waals surface area contributed by atoms with Gasteiger partial charge in [0.1, 0.15) is 0 Å². The molecule has 1 heterocycles. The Morgan fingerprint density at radius 1 is 1.40 bits per heavy atom. The van der Waals surface area contributed by atoms with Gasteiger partial charge in [-0.25, -0.2) is 9.37 Å². The number of halogens is 1. The van der Waals surface area contributed by atoms with Crippen molar-refractivity contribution in [2.45, 2.75) is 19.8 Å². The molecule has 0 aliphatic rings. The number of carbonyl (C=O) groups is 1. The molecule has 0 atom stereocenters. The molecule has 5 nitrogen and oxygen atoms in total. The van der Waals surface area contributed by atoms with Gasteiger partial charge in [-0.05, 0) is 46.5 Å². The standard InChI is InChI=1S/C14H23FN4O/c1-4-16-13-12(15)11(7-9-17-13)14(20)18-8-5-6-10-19(2)3/h7,9H,4-6,8,10H2,1-3H3,(H,16,17)(H,18,20). The number of nitrogens with zero attached hydrogens (tertiary/aromatic N) is 2. The third-order valence-corrected chi connectivity index (χ3v) is 2.80. The minimum Gasteiger partial charge on any atom is -0.368 e. The minimum atomic E-state index is -0.597. The first-order valence-corrected chi connectivity index (χ1v) is 6.87. The SMILES string of the molecule is CCNc1nccc(C(=O)NCCCCN(C)C)c1F. The average molecular weight is 282 g/mol. The van der Waals surface area contributed by atoms with Crippen LogP contribution in [-0.2, 0) is 0 Å². The molecule has 0 unspecified atom stereocenters. The van der Waals surface area contributed by atoms with Crippen molar-refractivity contribution in [3.05, 3.63) is 23.6 Å². The number of rotatable bonds is 8. The molecule has 2 N–H and O–H groups in total. The second kappa shape index (κ2) is 8.47. The number of amides is 1. The van der Waals surface area contributed by atoms with E-state index < -0.39 is 11.7 Å². The minimum absolute atomic E-state index is 0.0311. The zero-order valence-corrected chi connectivity index (χ0v) is 12.4. The number of unbranched alkanes of at least 4 members (excludes halogenated alkanes) is 1. The van der Waals surface area contributed by atoms with Crippen LogP contribution in [0.15, 0.2) is 12.3 Å². The molecule has 0 bridgehead atoms. The normalized spacial score (nSPS) is 10.7. The van der Waals surface area contributed by atoms with Crippen molar-refractivity contribution >= 4 is 11.7 Å². The van der Waals surface area contributed by atoms with E-state index in [2.05, 4.69) is 20.5 Å². The summed E-state index contributed by atoms with van der Waals surface area (Å²) in [6.45, 7) is 3.92. The lowest BCUT2D eigenvalue weighted by atomic mass is 10.2. The quantitative estimate of drug-likeness (QED) is 0.713. The highest BCUT2D eigenvalue weighted by molar-refractivity contribution is 5.95. The summed E-state index contributed by atoms with van der Waals surface area (Å²) in [6.07, 6.45) is 3.30. The summed E-state index contributed by atoms with van der Waals surface area (Å²) >= 11 is 0. The van der Waals surface area contributed by atoms with Crippen LogP contribution >= 0.6 is 0 Å². The molecule has 6 heteroatoms. The van der Waals surface area contributed by atoms with Crippen molar-refractivity contribution in [2.75, 3.05) is 39.0 Å². The van der Waals surface area contributed by atoms with E-state index in [-0.39, 0.29) is 11.4 Å². The van der Waals surface area contributed by atoms with E-state index >= 15 is 0 Å². The van der Waals surface area contributed by atoms with Gasteiger partial charge in [-0.1, -0.05) is 0 Å². The van der Waals surface area contributed by atoms with Crippen molar-refractivity contribution < 1.29 is 9.18 Å². The number of hydrogen-bond acceptors (Lipinski definition) is 4. The molecule has 0 aromatic carbocycles. The lowest BCUT2D eigenvalue weighted by molar-refractivity contribution is 0.0948. The van der Waals surface area contributed by atoms with Crippen LogP contribution in [0, 0.1) is 5.82 Å². The Morgan fingerprint density at radius 2 is 2.15 bits per heavy atom. The van der Waals surface area contributed by atoms with Crippen molar-refractivity contribution in [3.8, 4) is 0 Å². The Kier molecular flexibility index (Phi) is 6.93. The third kappa shape index (κ3) is 5.13. The van der Waals surface area contributed by atoms with E-state index in [4.69, 9.17) is 0 Å². The number of nitrogens with one attached hydrogen (secondary N) is 2. The maximum atomic E-state index is 14.0. The summed E-state index contributed by atoms with van der Waals surface area (Å²) in [6, 6.07) is 1.39. The van der Waals surface area contributed by atoms with E-state index in [1.165, 1.54) is 12.3 Å². The molecule has 0 aliphatic carbocycles. The van der Waals surface area contributed by atoms with Crippen LogP contribution in [0.4, 0.5) is 10.2 Å². The molecular formula is C14H23FN4O. The Balaban J connectivity index is 2.49.